The molecular formula is C20H32FN3O. The highest BCUT2D eigenvalue weighted by atomic mass is 19.1. The van der Waals surface area contributed by atoms with E-state index in [-0.39, 0.29) is 11.7 Å². The monoisotopic (exact) mass is 349 g/mol. The average molecular weight is 349 g/mol. The average Bonchev–Trinajstić information content (AvgIpc) is 2.54. The van der Waals surface area contributed by atoms with Gasteiger partial charge in [0.05, 0.1) is 5.69 Å². The summed E-state index contributed by atoms with van der Waals surface area (Å²) in [4.78, 5) is 16.4. The molecule has 5 heteroatoms. The van der Waals surface area contributed by atoms with Crippen LogP contribution in [0.1, 0.15) is 40.0 Å². The highest BCUT2D eigenvalue weighted by Gasteiger charge is 2.22. The zero-order chi connectivity index (χ0) is 18.6. The second-order valence-corrected chi connectivity index (χ2v) is 7.82. The van der Waals surface area contributed by atoms with Gasteiger partial charge in [0, 0.05) is 31.2 Å². The van der Waals surface area contributed by atoms with Crippen LogP contribution in [0, 0.1) is 17.7 Å². The van der Waals surface area contributed by atoms with E-state index in [2.05, 4.69) is 50.0 Å². The van der Waals surface area contributed by atoms with E-state index in [4.69, 9.17) is 0 Å². The second kappa shape index (κ2) is 8.65. The molecule has 1 aliphatic rings. The number of piperidine rings is 1. The molecule has 1 atom stereocenters. The van der Waals surface area contributed by atoms with E-state index in [1.807, 2.05) is 0 Å². The number of nitrogens with zero attached hydrogens (tertiary/aromatic N) is 2. The Labute approximate surface area is 151 Å². The summed E-state index contributed by atoms with van der Waals surface area (Å²) in [6.45, 7) is 7.98. The summed E-state index contributed by atoms with van der Waals surface area (Å²) < 4.78 is 14.5. The molecule has 0 bridgehead atoms. The van der Waals surface area contributed by atoms with Gasteiger partial charge in [-0.1, -0.05) is 20.8 Å². The predicted molar refractivity (Wildman–Crippen MR) is 103 cm³/mol. The van der Waals surface area contributed by atoms with Crippen molar-refractivity contribution in [3.05, 3.63) is 24.0 Å². The molecule has 2 rings (SSSR count). The highest BCUT2D eigenvalue weighted by Crippen LogP contribution is 2.27. The van der Waals surface area contributed by atoms with Crippen LogP contribution < -0.4 is 10.2 Å². The number of benzene rings is 1. The van der Waals surface area contributed by atoms with Crippen molar-refractivity contribution in [3.63, 3.8) is 0 Å². The van der Waals surface area contributed by atoms with Crippen molar-refractivity contribution >= 4 is 17.3 Å². The van der Waals surface area contributed by atoms with Gasteiger partial charge in [0.1, 0.15) is 5.82 Å². The molecule has 1 saturated heterocycles. The van der Waals surface area contributed by atoms with E-state index in [9.17, 15) is 9.18 Å². The molecule has 0 unspecified atom stereocenters. The predicted octanol–water partition coefficient (Wildman–Crippen LogP) is 3.98. The van der Waals surface area contributed by atoms with Crippen molar-refractivity contribution < 1.29 is 9.18 Å². The van der Waals surface area contributed by atoms with Gasteiger partial charge in [-0.3, -0.25) is 4.79 Å². The van der Waals surface area contributed by atoms with Gasteiger partial charge in [0.25, 0.3) is 0 Å². The first kappa shape index (κ1) is 19.7. The fourth-order valence-electron chi connectivity index (χ4n) is 3.20. The van der Waals surface area contributed by atoms with Crippen LogP contribution in [-0.2, 0) is 4.79 Å². The number of anilines is 2. The summed E-state index contributed by atoms with van der Waals surface area (Å²) in [6.07, 6.45) is 2.54. The lowest BCUT2D eigenvalue weighted by molar-refractivity contribution is -0.117. The van der Waals surface area contributed by atoms with Crippen LogP contribution in [0.15, 0.2) is 18.2 Å². The summed E-state index contributed by atoms with van der Waals surface area (Å²) in [5.74, 6) is 0.440. The Morgan fingerprint density at radius 1 is 1.28 bits per heavy atom. The van der Waals surface area contributed by atoms with Crippen molar-refractivity contribution in [1.29, 1.82) is 0 Å². The Bertz CT molecular complexity index is 580. The second-order valence-electron chi connectivity index (χ2n) is 7.82. The maximum atomic E-state index is 14.5. The van der Waals surface area contributed by atoms with Gasteiger partial charge in [-0.25, -0.2) is 4.39 Å². The SMILES string of the molecule is CC(C)[C@H](C)CC(=O)Nc1ccc(N2CCC(N(C)C)CC2)c(F)c1. The van der Waals surface area contributed by atoms with Crippen LogP contribution in [0.5, 0.6) is 0 Å². The fraction of sp³-hybridized carbons (Fsp3) is 0.650. The van der Waals surface area contributed by atoms with Gasteiger partial charge in [0.2, 0.25) is 5.91 Å². The number of nitrogens with one attached hydrogen (secondary N) is 1. The first-order chi connectivity index (χ1) is 11.8. The van der Waals surface area contributed by atoms with Crippen LogP contribution in [0.25, 0.3) is 0 Å². The molecule has 0 aliphatic carbocycles. The van der Waals surface area contributed by atoms with Crippen molar-refractivity contribution in [2.75, 3.05) is 37.4 Å². The van der Waals surface area contributed by atoms with E-state index in [1.54, 1.807) is 12.1 Å². The number of rotatable bonds is 6. The number of halogens is 1. The van der Waals surface area contributed by atoms with Gasteiger partial charge < -0.3 is 15.1 Å². The van der Waals surface area contributed by atoms with Crippen molar-refractivity contribution in [2.24, 2.45) is 11.8 Å². The van der Waals surface area contributed by atoms with Crippen LogP contribution in [0.3, 0.4) is 0 Å². The minimum absolute atomic E-state index is 0.0554. The summed E-state index contributed by atoms with van der Waals surface area (Å²) in [5, 5.41) is 2.82. The summed E-state index contributed by atoms with van der Waals surface area (Å²) in [7, 11) is 4.19. The maximum absolute atomic E-state index is 14.5. The number of carbonyl (C=O) groups is 1. The van der Waals surface area contributed by atoms with Gasteiger partial charge in [-0.05, 0) is 57.0 Å². The van der Waals surface area contributed by atoms with Gasteiger partial charge in [0.15, 0.2) is 0 Å². The van der Waals surface area contributed by atoms with Crippen molar-refractivity contribution in [3.8, 4) is 0 Å². The lowest BCUT2D eigenvalue weighted by Gasteiger charge is -2.36. The van der Waals surface area contributed by atoms with Crippen LogP contribution >= 0.6 is 0 Å². The molecule has 1 fully saturated rings. The third kappa shape index (κ3) is 5.43. The molecule has 1 amide bonds. The molecule has 1 heterocycles. The van der Waals surface area contributed by atoms with Gasteiger partial charge in [-0.2, -0.15) is 0 Å². The van der Waals surface area contributed by atoms with Crippen LogP contribution in [0.2, 0.25) is 0 Å². The van der Waals surface area contributed by atoms with E-state index in [0.717, 1.165) is 25.9 Å². The number of amides is 1. The lowest BCUT2D eigenvalue weighted by atomic mass is 9.94. The zero-order valence-electron chi connectivity index (χ0n) is 16.2. The first-order valence-corrected chi connectivity index (χ1v) is 9.28. The molecule has 1 aromatic carbocycles. The smallest absolute Gasteiger partial charge is 0.224 e. The standard InChI is InChI=1S/C20H32FN3O/c1-14(2)15(3)12-20(25)22-16-6-7-19(18(21)13-16)24-10-8-17(9-11-24)23(4)5/h6-7,13-15,17H,8-12H2,1-5H3,(H,22,25)/t15-/m1/s1. The Morgan fingerprint density at radius 2 is 1.92 bits per heavy atom. The van der Waals surface area contributed by atoms with Crippen LogP contribution in [0.4, 0.5) is 15.8 Å². The Hall–Kier alpha value is -1.62. The van der Waals surface area contributed by atoms with Crippen molar-refractivity contribution in [2.45, 2.75) is 46.1 Å². The molecule has 0 aromatic heterocycles. The zero-order valence-corrected chi connectivity index (χ0v) is 16.2. The number of carbonyl (C=O) groups excluding carboxylic acids is 1. The molecular weight excluding hydrogens is 317 g/mol. The summed E-state index contributed by atoms with van der Waals surface area (Å²) >= 11 is 0. The Morgan fingerprint density at radius 3 is 2.44 bits per heavy atom. The molecule has 1 aromatic rings. The normalized spacial score (nSPS) is 17.2. The van der Waals surface area contributed by atoms with E-state index < -0.39 is 0 Å². The van der Waals surface area contributed by atoms with E-state index >= 15 is 0 Å². The molecule has 4 nitrogen and oxygen atoms in total. The molecule has 140 valence electrons. The van der Waals surface area contributed by atoms with E-state index in [0.29, 0.717) is 35.7 Å². The largest absolute Gasteiger partial charge is 0.369 e. The van der Waals surface area contributed by atoms with Crippen molar-refractivity contribution in [1.82, 2.24) is 4.90 Å². The summed E-state index contributed by atoms with van der Waals surface area (Å²) in [6, 6.07) is 5.59. The first-order valence-electron chi connectivity index (χ1n) is 9.28. The Kier molecular flexibility index (Phi) is 6.82. The maximum Gasteiger partial charge on any atom is 0.224 e. The molecule has 1 aliphatic heterocycles. The molecule has 0 radical (unpaired) electrons. The topological polar surface area (TPSA) is 35.6 Å². The minimum Gasteiger partial charge on any atom is -0.369 e. The summed E-state index contributed by atoms with van der Waals surface area (Å²) in [5.41, 5.74) is 1.16. The third-order valence-electron chi connectivity index (χ3n) is 5.41. The van der Waals surface area contributed by atoms with Gasteiger partial charge >= 0.3 is 0 Å². The molecule has 0 saturated carbocycles. The minimum atomic E-state index is -0.266. The number of hydrogen-bond donors (Lipinski definition) is 1. The van der Waals surface area contributed by atoms with Crippen LogP contribution in [-0.4, -0.2) is 44.0 Å². The number of hydrogen-bond acceptors (Lipinski definition) is 3. The molecule has 1 N–H and O–H groups in total. The third-order valence-corrected chi connectivity index (χ3v) is 5.41. The Balaban J connectivity index is 1.95. The highest BCUT2D eigenvalue weighted by molar-refractivity contribution is 5.91. The fourth-order valence-corrected chi connectivity index (χ4v) is 3.20. The lowest BCUT2D eigenvalue weighted by Crippen LogP contribution is -2.42. The molecule has 25 heavy (non-hydrogen) atoms. The van der Waals surface area contributed by atoms with Gasteiger partial charge in [-0.15, -0.1) is 0 Å². The molecule has 0 spiro atoms. The van der Waals surface area contributed by atoms with E-state index in [1.165, 1.54) is 6.07 Å². The quantitative estimate of drug-likeness (QED) is 0.844.